The number of rotatable bonds is 8. The van der Waals surface area contributed by atoms with E-state index in [-0.39, 0.29) is 30.3 Å². The lowest BCUT2D eigenvalue weighted by atomic mass is 9.95. The topological polar surface area (TPSA) is 148 Å². The molecule has 0 unspecified atom stereocenters. The quantitative estimate of drug-likeness (QED) is 0.117. The minimum atomic E-state index is 0.0255. The molecule has 280 valence electrons. The standard InChI is InChI=1S/C20H25N5OS.C20H21N5OS/c1-4-17(26)25-10-12(2)7-14(11-25)24-18-15-5-6-21-19(15)22-9-16(18)20-23-8-13(3)27-20;1-3-4-17(26)25-11-13(2)9-14(12-25)24-18-15-5-6-21-19(15)23-10-16(18)20-22-7-8-27-20/h5-6,8-9,12,14H,4,7,10-11H2,1-3H3,(H2,21,22,24);1,5-8,10,13-14H,4,9,11-12H2,2H3,(H2,21,23,24)/t12-,14+;13-,14+/m00/s1. The van der Waals surface area contributed by atoms with E-state index < -0.39 is 0 Å². The summed E-state index contributed by atoms with van der Waals surface area (Å²) in [5, 5.41) is 13.4. The molecule has 0 radical (unpaired) electrons. The number of pyridine rings is 2. The van der Waals surface area contributed by atoms with E-state index >= 15 is 0 Å². The third-order valence-electron chi connectivity index (χ3n) is 9.97. The summed E-state index contributed by atoms with van der Waals surface area (Å²) in [7, 11) is 0. The highest BCUT2D eigenvalue weighted by molar-refractivity contribution is 7.15. The summed E-state index contributed by atoms with van der Waals surface area (Å²) in [6, 6.07) is 4.43. The number of aromatic amines is 2. The Morgan fingerprint density at radius 2 is 1.41 bits per heavy atom. The van der Waals surface area contributed by atoms with Crippen molar-refractivity contribution in [3.05, 3.63) is 59.6 Å². The highest BCUT2D eigenvalue weighted by atomic mass is 32.1. The molecule has 0 aliphatic carbocycles. The number of carbonyl (C=O) groups is 2. The number of H-pyrrole nitrogens is 2. The summed E-state index contributed by atoms with van der Waals surface area (Å²) in [5.41, 5.74) is 5.77. The third-order valence-corrected chi connectivity index (χ3v) is 11.7. The van der Waals surface area contributed by atoms with Gasteiger partial charge in [-0.2, -0.15) is 0 Å². The number of hydrogen-bond acceptors (Lipinski definition) is 10. The van der Waals surface area contributed by atoms with Crippen LogP contribution in [0.25, 0.3) is 43.2 Å². The Labute approximate surface area is 323 Å². The number of nitrogens with one attached hydrogen (secondary N) is 4. The first kappa shape index (κ1) is 37.1. The van der Waals surface area contributed by atoms with E-state index in [0.29, 0.717) is 24.8 Å². The zero-order valence-corrected chi connectivity index (χ0v) is 32.7. The fourth-order valence-electron chi connectivity index (χ4n) is 7.64. The van der Waals surface area contributed by atoms with Gasteiger partial charge in [-0.3, -0.25) is 9.59 Å². The Hall–Kier alpha value is -5.26. The number of piperidine rings is 2. The predicted molar refractivity (Wildman–Crippen MR) is 218 cm³/mol. The minimum Gasteiger partial charge on any atom is -0.379 e. The molecule has 0 bridgehead atoms. The van der Waals surface area contributed by atoms with Crippen LogP contribution in [0.5, 0.6) is 0 Å². The molecule has 2 saturated heterocycles. The molecule has 54 heavy (non-hydrogen) atoms. The van der Waals surface area contributed by atoms with E-state index in [9.17, 15) is 9.59 Å². The van der Waals surface area contributed by atoms with Gasteiger partial charge in [0.1, 0.15) is 21.3 Å². The minimum absolute atomic E-state index is 0.0255. The van der Waals surface area contributed by atoms with Crippen molar-refractivity contribution in [1.29, 1.82) is 0 Å². The number of likely N-dealkylation sites (tertiary alicyclic amines) is 2. The largest absolute Gasteiger partial charge is 0.379 e. The molecule has 2 amide bonds. The molecule has 8 rings (SSSR count). The molecule has 0 saturated carbocycles. The monoisotopic (exact) mass is 762 g/mol. The fraction of sp³-hybridized carbons (Fsp3) is 0.400. The molecule has 12 nitrogen and oxygen atoms in total. The predicted octanol–water partition coefficient (Wildman–Crippen LogP) is 7.41. The maximum atomic E-state index is 12.3. The smallest absolute Gasteiger partial charge is 0.234 e. The molecule has 2 aliphatic rings. The van der Waals surface area contributed by atoms with Crippen molar-refractivity contribution < 1.29 is 9.59 Å². The Morgan fingerprint density at radius 1 is 0.833 bits per heavy atom. The summed E-state index contributed by atoms with van der Waals surface area (Å²) in [6.45, 7) is 11.4. The van der Waals surface area contributed by atoms with Crippen LogP contribution in [0, 0.1) is 31.1 Å². The zero-order valence-electron chi connectivity index (χ0n) is 31.1. The molecule has 4 atom stereocenters. The van der Waals surface area contributed by atoms with Gasteiger partial charge in [0.25, 0.3) is 0 Å². The molecule has 6 aromatic heterocycles. The molecule has 0 spiro atoms. The third kappa shape index (κ3) is 8.12. The molecule has 8 heterocycles. The normalized spacial score (nSPS) is 20.0. The second-order valence-electron chi connectivity index (χ2n) is 14.4. The Bertz CT molecular complexity index is 2270. The SMILES string of the molecule is C#CCC(=O)N1C[C@@H](C)C[C@@H](Nc2c(-c3nccs3)cnc3[nH]ccc23)C1.CCC(=O)N1C[C@@H](C)C[C@@H](Nc2c(-c3ncc(C)s3)cnc3[nH]ccc23)C1. The van der Waals surface area contributed by atoms with E-state index in [1.165, 1.54) is 4.88 Å². The van der Waals surface area contributed by atoms with E-state index in [1.807, 2.05) is 59.2 Å². The number of aromatic nitrogens is 6. The van der Waals surface area contributed by atoms with Crippen LogP contribution in [0.3, 0.4) is 0 Å². The lowest BCUT2D eigenvalue weighted by Crippen LogP contribution is -2.48. The Morgan fingerprint density at radius 3 is 1.91 bits per heavy atom. The highest BCUT2D eigenvalue weighted by Gasteiger charge is 2.30. The van der Waals surface area contributed by atoms with E-state index in [4.69, 9.17) is 6.42 Å². The van der Waals surface area contributed by atoms with E-state index in [2.05, 4.69) is 73.3 Å². The summed E-state index contributed by atoms with van der Waals surface area (Å²) in [5.74, 6) is 3.59. The maximum Gasteiger partial charge on any atom is 0.234 e. The summed E-state index contributed by atoms with van der Waals surface area (Å²) < 4.78 is 0. The van der Waals surface area contributed by atoms with Gasteiger partial charge in [0.2, 0.25) is 11.8 Å². The number of aryl methyl sites for hydroxylation is 1. The maximum absolute atomic E-state index is 12.3. The molecule has 6 aromatic rings. The first-order chi connectivity index (χ1) is 26.2. The van der Waals surface area contributed by atoms with Crippen molar-refractivity contribution >= 4 is 67.9 Å². The Kier molecular flexibility index (Phi) is 11.3. The second kappa shape index (κ2) is 16.4. The van der Waals surface area contributed by atoms with Gasteiger partial charge in [-0.25, -0.2) is 19.9 Å². The van der Waals surface area contributed by atoms with Crippen molar-refractivity contribution in [2.45, 2.75) is 65.5 Å². The van der Waals surface area contributed by atoms with Gasteiger partial charge in [0.15, 0.2) is 0 Å². The summed E-state index contributed by atoms with van der Waals surface area (Å²) >= 11 is 3.26. The van der Waals surface area contributed by atoms with E-state index in [0.717, 1.165) is 87.1 Å². The van der Waals surface area contributed by atoms with Crippen LogP contribution >= 0.6 is 22.7 Å². The van der Waals surface area contributed by atoms with Crippen LogP contribution in [0.1, 0.15) is 51.3 Å². The number of hydrogen-bond donors (Lipinski definition) is 4. The molecule has 4 N–H and O–H groups in total. The molecule has 2 fully saturated rings. The average molecular weight is 763 g/mol. The zero-order chi connectivity index (χ0) is 37.8. The van der Waals surface area contributed by atoms with Crippen LogP contribution in [-0.4, -0.2) is 89.8 Å². The molecule has 0 aromatic carbocycles. The summed E-state index contributed by atoms with van der Waals surface area (Å²) in [6.07, 6.45) is 19.3. The van der Waals surface area contributed by atoms with Crippen LogP contribution in [0.15, 0.2) is 54.7 Å². The molecule has 2 aliphatic heterocycles. The van der Waals surface area contributed by atoms with Crippen molar-refractivity contribution in [2.75, 3.05) is 36.8 Å². The average Bonchev–Trinajstić information content (AvgIpc) is 4.00. The van der Waals surface area contributed by atoms with Gasteiger partial charge >= 0.3 is 0 Å². The molecular formula is C40H46N10O2S2. The number of thiazole rings is 2. The fourth-order valence-corrected chi connectivity index (χ4v) is 9.07. The Balaban J connectivity index is 0.000000167. The van der Waals surface area contributed by atoms with Gasteiger partial charge < -0.3 is 30.4 Å². The number of fused-ring (bicyclic) bond motifs is 2. The summed E-state index contributed by atoms with van der Waals surface area (Å²) in [4.78, 5) is 54.1. The highest BCUT2D eigenvalue weighted by Crippen LogP contribution is 2.38. The van der Waals surface area contributed by atoms with Crippen molar-refractivity contribution in [1.82, 2.24) is 39.7 Å². The van der Waals surface area contributed by atoms with Crippen molar-refractivity contribution in [3.8, 4) is 33.5 Å². The lowest BCUT2D eigenvalue weighted by molar-refractivity contribution is -0.133. The van der Waals surface area contributed by atoms with Crippen molar-refractivity contribution in [3.63, 3.8) is 0 Å². The second-order valence-corrected chi connectivity index (χ2v) is 16.5. The number of nitrogens with zero attached hydrogens (tertiary/aromatic N) is 6. The van der Waals surface area contributed by atoms with Gasteiger partial charge in [-0.1, -0.05) is 26.7 Å². The molecular weight excluding hydrogens is 717 g/mol. The van der Waals surface area contributed by atoms with Gasteiger partial charge in [0, 0.05) is 103 Å². The van der Waals surface area contributed by atoms with Crippen LogP contribution in [0.2, 0.25) is 0 Å². The van der Waals surface area contributed by atoms with Gasteiger partial charge in [0.05, 0.1) is 28.9 Å². The van der Waals surface area contributed by atoms with Crippen molar-refractivity contribution in [2.24, 2.45) is 11.8 Å². The number of carbonyl (C=O) groups excluding carboxylic acids is 2. The van der Waals surface area contributed by atoms with E-state index in [1.54, 1.807) is 28.9 Å². The van der Waals surface area contributed by atoms with Crippen LogP contribution in [-0.2, 0) is 9.59 Å². The van der Waals surface area contributed by atoms with Gasteiger partial charge in [-0.05, 0) is 43.7 Å². The van der Waals surface area contributed by atoms with Gasteiger partial charge in [-0.15, -0.1) is 29.1 Å². The number of amides is 2. The van der Waals surface area contributed by atoms with Crippen LogP contribution < -0.4 is 10.6 Å². The number of anilines is 2. The molecule has 14 heteroatoms. The first-order valence-electron chi connectivity index (χ1n) is 18.5. The number of terminal acetylenes is 1. The van der Waals surface area contributed by atoms with Crippen LogP contribution in [0.4, 0.5) is 11.4 Å². The lowest BCUT2D eigenvalue weighted by Gasteiger charge is -2.37. The first-order valence-corrected chi connectivity index (χ1v) is 20.2.